The Balaban J connectivity index is 2.34. The Hall–Kier alpha value is -2.14. The molecule has 0 saturated carbocycles. The number of pyridine rings is 1. The normalized spacial score (nSPS) is 10.3. The van der Waals surface area contributed by atoms with Crippen molar-refractivity contribution in [3.05, 3.63) is 52.4 Å². The number of hydrogen-bond acceptors (Lipinski definition) is 3. The van der Waals surface area contributed by atoms with Gasteiger partial charge in [-0.25, -0.2) is 14.2 Å². The molecular weight excluding hydrogens is 283 g/mol. The molecule has 0 aliphatic heterocycles. The fourth-order valence-corrected chi connectivity index (χ4v) is 1.86. The van der Waals surface area contributed by atoms with Crippen LogP contribution in [0, 0.1) is 5.82 Å². The highest BCUT2D eigenvalue weighted by molar-refractivity contribution is 6.31. The first kappa shape index (κ1) is 14.3. The van der Waals surface area contributed by atoms with E-state index < -0.39 is 11.8 Å². The molecule has 104 valence electrons. The average molecular weight is 295 g/mol. The minimum Gasteiger partial charge on any atom is -0.478 e. The molecule has 0 saturated heterocycles. The van der Waals surface area contributed by atoms with Gasteiger partial charge in [0.15, 0.2) is 0 Å². The van der Waals surface area contributed by atoms with Crippen LogP contribution in [-0.2, 0) is 6.42 Å². The Kier molecular flexibility index (Phi) is 4.20. The van der Waals surface area contributed by atoms with E-state index in [1.54, 1.807) is 0 Å². The zero-order chi connectivity index (χ0) is 14.7. The summed E-state index contributed by atoms with van der Waals surface area (Å²) in [6.07, 6.45) is 0.611. The first-order valence-electron chi connectivity index (χ1n) is 5.96. The van der Waals surface area contributed by atoms with Crippen LogP contribution in [0.4, 0.5) is 15.9 Å². The summed E-state index contributed by atoms with van der Waals surface area (Å²) in [5.41, 5.74) is 1.33. The van der Waals surface area contributed by atoms with E-state index >= 15 is 0 Å². The van der Waals surface area contributed by atoms with Crippen molar-refractivity contribution in [2.45, 2.75) is 13.3 Å². The van der Waals surface area contributed by atoms with Gasteiger partial charge in [0, 0.05) is 11.4 Å². The summed E-state index contributed by atoms with van der Waals surface area (Å²) < 4.78 is 13.1. The number of nitrogens with one attached hydrogen (secondary N) is 1. The number of nitrogens with zero attached hydrogens (tertiary/aromatic N) is 1. The summed E-state index contributed by atoms with van der Waals surface area (Å²) in [4.78, 5) is 15.3. The molecular formula is C14H12ClFN2O2. The molecule has 2 aromatic rings. The van der Waals surface area contributed by atoms with Gasteiger partial charge in [0.1, 0.15) is 11.6 Å². The number of halogens is 2. The SMILES string of the molecule is CCc1cc(C(=O)O)cc(Nc2ccc(F)c(Cl)c2)n1. The second kappa shape index (κ2) is 5.88. The number of carboxylic acids is 1. The molecule has 0 fully saturated rings. The standard InChI is InChI=1S/C14H12ClFN2O2/c1-2-9-5-8(14(19)20)6-13(17-9)18-10-3-4-12(16)11(15)7-10/h3-7H,2H2,1H3,(H,17,18)(H,19,20). The summed E-state index contributed by atoms with van der Waals surface area (Å²) in [5.74, 6) is -1.16. The van der Waals surface area contributed by atoms with Crippen molar-refractivity contribution in [2.24, 2.45) is 0 Å². The van der Waals surface area contributed by atoms with E-state index in [1.165, 1.54) is 30.3 Å². The van der Waals surface area contributed by atoms with Crippen LogP contribution in [0.5, 0.6) is 0 Å². The fourth-order valence-electron chi connectivity index (χ4n) is 1.68. The molecule has 0 spiro atoms. The molecule has 0 bridgehead atoms. The number of carbonyl (C=O) groups is 1. The molecule has 0 radical (unpaired) electrons. The van der Waals surface area contributed by atoms with Crippen molar-refractivity contribution in [2.75, 3.05) is 5.32 Å². The first-order chi connectivity index (χ1) is 9.49. The molecule has 1 aromatic carbocycles. The maximum absolute atomic E-state index is 13.1. The first-order valence-corrected chi connectivity index (χ1v) is 6.33. The van der Waals surface area contributed by atoms with Crippen molar-refractivity contribution >= 4 is 29.1 Å². The number of hydrogen-bond donors (Lipinski definition) is 2. The van der Waals surface area contributed by atoms with Crippen molar-refractivity contribution in [1.29, 1.82) is 0 Å². The van der Waals surface area contributed by atoms with Gasteiger partial charge in [0.25, 0.3) is 0 Å². The monoisotopic (exact) mass is 294 g/mol. The van der Waals surface area contributed by atoms with Crippen LogP contribution < -0.4 is 5.32 Å². The molecule has 0 aliphatic carbocycles. The molecule has 0 aliphatic rings. The van der Waals surface area contributed by atoms with Crippen LogP contribution in [0.25, 0.3) is 0 Å². The zero-order valence-electron chi connectivity index (χ0n) is 10.7. The van der Waals surface area contributed by atoms with E-state index in [1.807, 2.05) is 6.92 Å². The fraction of sp³-hybridized carbons (Fsp3) is 0.143. The summed E-state index contributed by atoms with van der Waals surface area (Å²) in [7, 11) is 0. The summed E-state index contributed by atoms with van der Waals surface area (Å²) in [6, 6.07) is 7.08. The van der Waals surface area contributed by atoms with E-state index in [2.05, 4.69) is 10.3 Å². The maximum Gasteiger partial charge on any atom is 0.335 e. The van der Waals surface area contributed by atoms with Gasteiger partial charge in [-0.2, -0.15) is 0 Å². The highest BCUT2D eigenvalue weighted by atomic mass is 35.5. The number of benzene rings is 1. The third-order valence-electron chi connectivity index (χ3n) is 2.68. The van der Waals surface area contributed by atoms with Crippen molar-refractivity contribution in [3.8, 4) is 0 Å². The Morgan fingerprint density at radius 3 is 2.75 bits per heavy atom. The van der Waals surface area contributed by atoms with Gasteiger partial charge in [-0.05, 0) is 36.8 Å². The molecule has 20 heavy (non-hydrogen) atoms. The lowest BCUT2D eigenvalue weighted by Crippen LogP contribution is -2.03. The molecule has 1 heterocycles. The van der Waals surface area contributed by atoms with Crippen molar-refractivity contribution < 1.29 is 14.3 Å². The third kappa shape index (κ3) is 3.24. The minimum atomic E-state index is -1.03. The maximum atomic E-state index is 13.1. The van der Waals surface area contributed by atoms with Crippen LogP contribution >= 0.6 is 11.6 Å². The predicted octanol–water partition coefficient (Wildman–Crippen LogP) is 3.88. The molecule has 2 N–H and O–H groups in total. The number of rotatable bonds is 4. The highest BCUT2D eigenvalue weighted by Gasteiger charge is 2.09. The number of carboxylic acid groups (broad SMARTS) is 1. The smallest absolute Gasteiger partial charge is 0.335 e. The minimum absolute atomic E-state index is 0.0138. The topological polar surface area (TPSA) is 62.2 Å². The average Bonchev–Trinajstić information content (AvgIpc) is 2.42. The molecule has 0 amide bonds. The number of aromatic carboxylic acids is 1. The van der Waals surface area contributed by atoms with Gasteiger partial charge in [-0.3, -0.25) is 0 Å². The van der Waals surface area contributed by atoms with Crippen molar-refractivity contribution in [1.82, 2.24) is 4.98 Å². The lowest BCUT2D eigenvalue weighted by atomic mass is 10.2. The van der Waals surface area contributed by atoms with Crippen LogP contribution in [0.3, 0.4) is 0 Å². The van der Waals surface area contributed by atoms with Gasteiger partial charge in [0.05, 0.1) is 10.6 Å². The Morgan fingerprint density at radius 1 is 1.40 bits per heavy atom. The van der Waals surface area contributed by atoms with Crippen molar-refractivity contribution in [3.63, 3.8) is 0 Å². The van der Waals surface area contributed by atoms with E-state index in [0.29, 0.717) is 23.6 Å². The number of aryl methyl sites for hydroxylation is 1. The lowest BCUT2D eigenvalue weighted by molar-refractivity contribution is 0.0696. The number of aromatic nitrogens is 1. The molecule has 0 atom stereocenters. The Bertz CT molecular complexity index is 662. The van der Waals surface area contributed by atoms with Gasteiger partial charge in [-0.15, -0.1) is 0 Å². The molecule has 0 unspecified atom stereocenters. The van der Waals surface area contributed by atoms with Gasteiger partial charge >= 0.3 is 5.97 Å². The van der Waals surface area contributed by atoms with Crippen LogP contribution in [0.2, 0.25) is 5.02 Å². The summed E-state index contributed by atoms with van der Waals surface area (Å²) in [6.45, 7) is 1.88. The van der Waals surface area contributed by atoms with E-state index in [9.17, 15) is 9.18 Å². The summed E-state index contributed by atoms with van der Waals surface area (Å²) >= 11 is 5.69. The van der Waals surface area contributed by atoms with Gasteiger partial charge < -0.3 is 10.4 Å². The van der Waals surface area contributed by atoms with E-state index in [-0.39, 0.29) is 10.6 Å². The van der Waals surface area contributed by atoms with E-state index in [4.69, 9.17) is 16.7 Å². The van der Waals surface area contributed by atoms with Gasteiger partial charge in [-0.1, -0.05) is 18.5 Å². The Labute approximate surface area is 120 Å². The quantitative estimate of drug-likeness (QED) is 0.898. The molecule has 1 aromatic heterocycles. The van der Waals surface area contributed by atoms with Crippen LogP contribution in [-0.4, -0.2) is 16.1 Å². The van der Waals surface area contributed by atoms with Crippen LogP contribution in [0.15, 0.2) is 30.3 Å². The Morgan fingerprint density at radius 2 is 2.15 bits per heavy atom. The second-order valence-corrected chi connectivity index (χ2v) is 4.55. The van der Waals surface area contributed by atoms with E-state index in [0.717, 1.165) is 0 Å². The number of anilines is 2. The van der Waals surface area contributed by atoms with Gasteiger partial charge in [0.2, 0.25) is 0 Å². The largest absolute Gasteiger partial charge is 0.478 e. The second-order valence-electron chi connectivity index (χ2n) is 4.14. The highest BCUT2D eigenvalue weighted by Crippen LogP contribution is 2.22. The molecule has 4 nitrogen and oxygen atoms in total. The molecule has 6 heteroatoms. The van der Waals surface area contributed by atoms with Crippen LogP contribution in [0.1, 0.15) is 23.0 Å². The third-order valence-corrected chi connectivity index (χ3v) is 2.97. The molecule has 2 rings (SSSR count). The predicted molar refractivity (Wildman–Crippen MR) is 75.3 cm³/mol. The lowest BCUT2D eigenvalue weighted by Gasteiger charge is -2.09. The zero-order valence-corrected chi connectivity index (χ0v) is 11.4. The summed E-state index contributed by atoms with van der Waals surface area (Å²) in [5, 5.41) is 12.0.